The van der Waals surface area contributed by atoms with E-state index in [0.717, 1.165) is 5.56 Å². The van der Waals surface area contributed by atoms with Gasteiger partial charge in [0.2, 0.25) is 0 Å². The molecule has 0 atom stereocenters. The lowest BCUT2D eigenvalue weighted by atomic mass is 10.1. The average Bonchev–Trinajstić information content (AvgIpc) is 2.70. The predicted octanol–water partition coefficient (Wildman–Crippen LogP) is 4.87. The quantitative estimate of drug-likeness (QED) is 0.486. The molecule has 2 heterocycles. The van der Waals surface area contributed by atoms with Gasteiger partial charge >= 0.3 is 0 Å². The average molecular weight is 425 g/mol. The molecule has 6 nitrogen and oxygen atoms in total. The van der Waals surface area contributed by atoms with Crippen LogP contribution in [0.3, 0.4) is 0 Å². The molecule has 0 unspecified atom stereocenters. The highest BCUT2D eigenvalue weighted by Gasteiger charge is 2.10. The van der Waals surface area contributed by atoms with Gasteiger partial charge in [0, 0.05) is 12.4 Å². The van der Waals surface area contributed by atoms with Gasteiger partial charge in [0.15, 0.2) is 11.4 Å². The van der Waals surface area contributed by atoms with E-state index in [0.29, 0.717) is 32.6 Å². The highest BCUT2D eigenvalue weighted by atomic mass is 35.5. The summed E-state index contributed by atoms with van der Waals surface area (Å²) in [6.07, 6.45) is 4.54. The van der Waals surface area contributed by atoms with E-state index in [-0.39, 0.29) is 17.0 Å². The largest absolute Gasteiger partial charge is 0.454 e. The summed E-state index contributed by atoms with van der Waals surface area (Å²) in [5, 5.41) is 0.592. The molecule has 0 bridgehead atoms. The van der Waals surface area contributed by atoms with Crippen LogP contribution in [-0.4, -0.2) is 15.0 Å². The van der Waals surface area contributed by atoms with Crippen LogP contribution in [0.4, 0.5) is 0 Å². The van der Waals surface area contributed by atoms with Crippen molar-refractivity contribution in [1.82, 2.24) is 15.0 Å². The first kappa shape index (κ1) is 19.0. The summed E-state index contributed by atoms with van der Waals surface area (Å²) in [5.74, 6) is 0.812. The van der Waals surface area contributed by atoms with Crippen molar-refractivity contribution in [1.29, 1.82) is 0 Å². The summed E-state index contributed by atoms with van der Waals surface area (Å²) in [6, 6.07) is 14.4. The topological polar surface area (TPSA) is 93.9 Å². The number of aromatic nitrogens is 3. The summed E-state index contributed by atoms with van der Waals surface area (Å²) in [5.41, 5.74) is 8.19. The molecule has 2 aromatic heterocycles. The molecule has 4 aromatic rings. The highest BCUT2D eigenvalue weighted by molar-refractivity contribution is 6.36. The van der Waals surface area contributed by atoms with Crippen molar-refractivity contribution < 1.29 is 4.74 Å². The summed E-state index contributed by atoms with van der Waals surface area (Å²) >= 11 is 12.2. The van der Waals surface area contributed by atoms with Gasteiger partial charge in [-0.15, -0.1) is 0 Å². The van der Waals surface area contributed by atoms with Crippen LogP contribution in [0.5, 0.6) is 11.5 Å². The van der Waals surface area contributed by atoms with Crippen molar-refractivity contribution in [2.24, 2.45) is 5.73 Å². The number of nitrogens with two attached hydrogens (primary N) is 1. The number of halogens is 2. The number of nitrogens with zero attached hydrogens (tertiary/aromatic N) is 2. The van der Waals surface area contributed by atoms with Gasteiger partial charge in [-0.1, -0.05) is 47.5 Å². The second-order valence-corrected chi connectivity index (χ2v) is 6.95. The maximum absolute atomic E-state index is 12.3. The van der Waals surface area contributed by atoms with E-state index in [1.54, 1.807) is 36.4 Å². The van der Waals surface area contributed by atoms with Gasteiger partial charge in [0.1, 0.15) is 15.8 Å². The standard InChI is InChI=1S/C21H14Cl2N4O2/c22-14-10-25-11-15(23)20(14)29-13-5-3-4-12(8-13)9-16(24)19-21(28)27-18-7-2-1-6-17(18)26-19/h1-11H,24H2,(H,27,28)/b16-9-. The van der Waals surface area contributed by atoms with Gasteiger partial charge < -0.3 is 15.5 Å². The third-order valence-corrected chi connectivity index (χ3v) is 4.62. The Morgan fingerprint density at radius 1 is 1.07 bits per heavy atom. The zero-order chi connectivity index (χ0) is 20.4. The van der Waals surface area contributed by atoms with E-state index in [1.165, 1.54) is 12.4 Å². The SMILES string of the molecule is N/C(=C\c1cccc(Oc2c(Cl)cncc2Cl)c1)c1nc2ccccc2[nH]c1=O. The molecule has 0 radical (unpaired) electrons. The fourth-order valence-electron chi connectivity index (χ4n) is 2.76. The maximum atomic E-state index is 12.3. The van der Waals surface area contributed by atoms with E-state index >= 15 is 0 Å². The van der Waals surface area contributed by atoms with Gasteiger partial charge in [-0.3, -0.25) is 9.78 Å². The van der Waals surface area contributed by atoms with E-state index in [9.17, 15) is 4.79 Å². The lowest BCUT2D eigenvalue weighted by molar-refractivity contribution is 0.482. The zero-order valence-electron chi connectivity index (χ0n) is 14.9. The van der Waals surface area contributed by atoms with Crippen LogP contribution in [0.2, 0.25) is 10.0 Å². The number of ether oxygens (including phenoxy) is 1. The Bertz CT molecular complexity index is 1280. The number of hydrogen-bond donors (Lipinski definition) is 2. The molecule has 4 rings (SSSR count). The van der Waals surface area contributed by atoms with Crippen molar-refractivity contribution in [2.75, 3.05) is 0 Å². The third kappa shape index (κ3) is 4.08. The fraction of sp³-hybridized carbons (Fsp3) is 0. The molecule has 0 amide bonds. The number of para-hydroxylation sites is 2. The number of aromatic amines is 1. The van der Waals surface area contributed by atoms with Gasteiger partial charge in [0.05, 0.1) is 16.7 Å². The predicted molar refractivity (Wildman–Crippen MR) is 115 cm³/mol. The van der Waals surface area contributed by atoms with Gasteiger partial charge in [-0.25, -0.2) is 4.98 Å². The Morgan fingerprint density at radius 2 is 1.83 bits per heavy atom. The molecule has 144 valence electrons. The van der Waals surface area contributed by atoms with E-state index in [1.807, 2.05) is 18.2 Å². The van der Waals surface area contributed by atoms with Crippen molar-refractivity contribution in [3.63, 3.8) is 0 Å². The molecule has 0 aliphatic rings. The van der Waals surface area contributed by atoms with Crippen LogP contribution < -0.4 is 16.0 Å². The molecular formula is C21H14Cl2N4O2. The number of pyridine rings is 1. The Kier molecular flexibility index (Phi) is 5.20. The van der Waals surface area contributed by atoms with Crippen LogP contribution >= 0.6 is 23.2 Å². The summed E-state index contributed by atoms with van der Waals surface area (Å²) < 4.78 is 5.79. The molecule has 8 heteroatoms. The first-order chi connectivity index (χ1) is 14.0. The number of fused-ring (bicyclic) bond motifs is 1. The minimum Gasteiger partial charge on any atom is -0.454 e. The van der Waals surface area contributed by atoms with E-state index in [2.05, 4.69) is 15.0 Å². The monoisotopic (exact) mass is 424 g/mol. The number of benzene rings is 2. The number of hydrogen-bond acceptors (Lipinski definition) is 5. The van der Waals surface area contributed by atoms with Gasteiger partial charge in [-0.2, -0.15) is 0 Å². The normalized spacial score (nSPS) is 11.6. The number of rotatable bonds is 4. The van der Waals surface area contributed by atoms with E-state index < -0.39 is 0 Å². The molecule has 0 saturated heterocycles. The fourth-order valence-corrected chi connectivity index (χ4v) is 3.20. The van der Waals surface area contributed by atoms with Crippen LogP contribution in [0.1, 0.15) is 11.3 Å². The molecular weight excluding hydrogens is 411 g/mol. The molecule has 0 fully saturated rings. The highest BCUT2D eigenvalue weighted by Crippen LogP contribution is 2.35. The summed E-state index contributed by atoms with van der Waals surface area (Å²) in [4.78, 5) is 23.4. The number of nitrogens with one attached hydrogen (secondary N) is 1. The second kappa shape index (κ2) is 7.95. The van der Waals surface area contributed by atoms with Gasteiger partial charge in [-0.05, 0) is 35.9 Å². The second-order valence-electron chi connectivity index (χ2n) is 6.14. The Hall–Kier alpha value is -3.35. The Morgan fingerprint density at radius 3 is 2.62 bits per heavy atom. The minimum atomic E-state index is -0.361. The third-order valence-electron chi connectivity index (χ3n) is 4.08. The first-order valence-corrected chi connectivity index (χ1v) is 9.30. The summed E-state index contributed by atoms with van der Waals surface area (Å²) in [7, 11) is 0. The van der Waals surface area contributed by atoms with Gasteiger partial charge in [0.25, 0.3) is 5.56 Å². The molecule has 0 aliphatic carbocycles. The molecule has 3 N–H and O–H groups in total. The first-order valence-electron chi connectivity index (χ1n) is 8.55. The lowest BCUT2D eigenvalue weighted by Gasteiger charge is -2.09. The zero-order valence-corrected chi connectivity index (χ0v) is 16.4. The molecule has 2 aromatic carbocycles. The van der Waals surface area contributed by atoms with Crippen molar-refractivity contribution in [3.05, 3.63) is 92.6 Å². The summed E-state index contributed by atoms with van der Waals surface area (Å²) in [6.45, 7) is 0. The molecule has 0 aliphatic heterocycles. The van der Waals surface area contributed by atoms with Crippen molar-refractivity contribution in [2.45, 2.75) is 0 Å². The van der Waals surface area contributed by atoms with Crippen molar-refractivity contribution >= 4 is 46.0 Å². The van der Waals surface area contributed by atoms with Crippen LogP contribution in [0.25, 0.3) is 22.8 Å². The molecule has 29 heavy (non-hydrogen) atoms. The van der Waals surface area contributed by atoms with Crippen LogP contribution in [0, 0.1) is 0 Å². The molecule has 0 saturated carbocycles. The minimum absolute atomic E-state index is 0.148. The Labute approximate surface area is 175 Å². The Balaban J connectivity index is 1.67. The smallest absolute Gasteiger partial charge is 0.276 e. The van der Waals surface area contributed by atoms with Crippen LogP contribution in [-0.2, 0) is 0 Å². The van der Waals surface area contributed by atoms with Crippen LogP contribution in [0.15, 0.2) is 65.7 Å². The maximum Gasteiger partial charge on any atom is 0.276 e. The van der Waals surface area contributed by atoms with E-state index in [4.69, 9.17) is 33.7 Å². The number of H-pyrrole nitrogens is 1. The lowest BCUT2D eigenvalue weighted by Crippen LogP contribution is -2.17. The molecule has 0 spiro atoms. The van der Waals surface area contributed by atoms with Crippen molar-refractivity contribution in [3.8, 4) is 11.5 Å².